The Kier molecular flexibility index (Phi) is 5.83. The monoisotopic (exact) mass is 432 g/mol. The molecule has 2 aromatic rings. The highest BCUT2D eigenvalue weighted by Gasteiger charge is 2.35. The molecule has 29 heavy (non-hydrogen) atoms. The highest BCUT2D eigenvalue weighted by molar-refractivity contribution is 6.33. The summed E-state index contributed by atoms with van der Waals surface area (Å²) in [6, 6.07) is 2.27. The van der Waals surface area contributed by atoms with Gasteiger partial charge >= 0.3 is 6.18 Å². The second-order valence-electron chi connectivity index (χ2n) is 6.76. The molecule has 1 aliphatic heterocycles. The second-order valence-corrected chi connectivity index (χ2v) is 7.14. The van der Waals surface area contributed by atoms with Gasteiger partial charge < -0.3 is 9.80 Å². The lowest BCUT2D eigenvalue weighted by molar-refractivity contribution is -0.138. The van der Waals surface area contributed by atoms with Crippen molar-refractivity contribution in [3.8, 4) is 0 Å². The van der Waals surface area contributed by atoms with E-state index in [1.54, 1.807) is 11.8 Å². The summed E-state index contributed by atoms with van der Waals surface area (Å²) in [6.45, 7) is 1.98. The van der Waals surface area contributed by atoms with Crippen LogP contribution in [0.1, 0.15) is 18.1 Å². The van der Waals surface area contributed by atoms with E-state index in [1.807, 2.05) is 0 Å². The molecule has 1 aromatic carbocycles. The fourth-order valence-corrected chi connectivity index (χ4v) is 3.52. The number of benzene rings is 1. The first-order chi connectivity index (χ1) is 13.6. The van der Waals surface area contributed by atoms with E-state index in [1.165, 1.54) is 11.1 Å². The van der Waals surface area contributed by atoms with Crippen LogP contribution in [-0.2, 0) is 17.4 Å². The summed E-state index contributed by atoms with van der Waals surface area (Å²) in [5.74, 6) is -1.29. The highest BCUT2D eigenvalue weighted by Crippen LogP contribution is 2.33. The summed E-state index contributed by atoms with van der Waals surface area (Å²) in [4.78, 5) is 27.2. The van der Waals surface area contributed by atoms with E-state index >= 15 is 0 Å². The fraction of sp³-hybridized carbons (Fsp3) is 0.389. The van der Waals surface area contributed by atoms with Crippen LogP contribution in [0.5, 0.6) is 0 Å². The number of hydrogen-bond donors (Lipinski definition) is 1. The Balaban J connectivity index is 1.73. The van der Waals surface area contributed by atoms with E-state index in [4.69, 9.17) is 11.6 Å². The Morgan fingerprint density at radius 3 is 2.72 bits per heavy atom. The zero-order valence-electron chi connectivity index (χ0n) is 15.3. The van der Waals surface area contributed by atoms with Crippen molar-refractivity contribution in [2.24, 2.45) is 0 Å². The van der Waals surface area contributed by atoms with Gasteiger partial charge in [-0.1, -0.05) is 17.7 Å². The van der Waals surface area contributed by atoms with Crippen LogP contribution >= 0.6 is 11.6 Å². The minimum absolute atomic E-state index is 0.0487. The Morgan fingerprint density at radius 2 is 2.03 bits per heavy atom. The molecular formula is C18H17ClF4N4O2. The zero-order valence-corrected chi connectivity index (χ0v) is 16.0. The van der Waals surface area contributed by atoms with Crippen molar-refractivity contribution in [3.63, 3.8) is 0 Å². The fourth-order valence-electron chi connectivity index (χ4n) is 3.32. The first-order valence-corrected chi connectivity index (χ1v) is 9.09. The lowest BCUT2D eigenvalue weighted by Gasteiger charge is -2.40. The number of hydrogen-bond acceptors (Lipinski definition) is 4. The van der Waals surface area contributed by atoms with Crippen molar-refractivity contribution < 1.29 is 22.4 Å². The standard InChI is InChI=1S/C18H17ClF4N4O2/c1-10-8-26(5-4-11-2-3-12(20)6-13(11)18(21,22)23)15(28)9-27(10)14-7-24-25-17(29)16(14)19/h2-3,6-7,10H,4-5,8-9H2,1H3,(H,25,29)/t10-/m1/s1. The minimum atomic E-state index is -4.68. The van der Waals surface area contributed by atoms with Crippen LogP contribution in [-0.4, -0.2) is 46.7 Å². The van der Waals surface area contributed by atoms with Gasteiger partial charge in [0.1, 0.15) is 10.8 Å². The third-order valence-corrected chi connectivity index (χ3v) is 5.16. The van der Waals surface area contributed by atoms with Gasteiger partial charge in [0.25, 0.3) is 5.56 Å². The summed E-state index contributed by atoms with van der Waals surface area (Å²) < 4.78 is 52.7. The molecule has 0 radical (unpaired) electrons. The third kappa shape index (κ3) is 4.52. The van der Waals surface area contributed by atoms with E-state index in [0.717, 1.165) is 12.1 Å². The molecule has 0 unspecified atom stereocenters. The number of anilines is 1. The molecule has 1 fully saturated rings. The summed E-state index contributed by atoms with van der Waals surface area (Å²) in [5.41, 5.74) is -1.39. The van der Waals surface area contributed by atoms with Crippen molar-refractivity contribution in [3.05, 3.63) is 56.7 Å². The Hall–Kier alpha value is -2.62. The van der Waals surface area contributed by atoms with E-state index in [2.05, 4.69) is 10.2 Å². The molecular weight excluding hydrogens is 416 g/mol. The summed E-state index contributed by atoms with van der Waals surface area (Å²) in [5, 5.41) is 5.80. The van der Waals surface area contributed by atoms with Gasteiger partial charge in [0.05, 0.1) is 24.0 Å². The summed E-state index contributed by atoms with van der Waals surface area (Å²) >= 11 is 6.00. The minimum Gasteiger partial charge on any atom is -0.355 e. The number of H-pyrrole nitrogens is 1. The van der Waals surface area contributed by atoms with E-state index < -0.39 is 23.1 Å². The summed E-state index contributed by atoms with van der Waals surface area (Å²) in [7, 11) is 0. The van der Waals surface area contributed by atoms with Crippen molar-refractivity contribution in [2.75, 3.05) is 24.5 Å². The van der Waals surface area contributed by atoms with E-state index in [0.29, 0.717) is 11.8 Å². The van der Waals surface area contributed by atoms with Crippen molar-refractivity contribution in [1.82, 2.24) is 15.1 Å². The van der Waals surface area contributed by atoms with Gasteiger partial charge in [0, 0.05) is 19.1 Å². The van der Waals surface area contributed by atoms with Crippen molar-refractivity contribution >= 4 is 23.2 Å². The maximum atomic E-state index is 13.2. The van der Waals surface area contributed by atoms with Gasteiger partial charge in [-0.15, -0.1) is 0 Å². The molecule has 6 nitrogen and oxygen atoms in total. The predicted molar refractivity (Wildman–Crippen MR) is 98.4 cm³/mol. The molecule has 1 N–H and O–H groups in total. The molecule has 0 bridgehead atoms. The number of alkyl halides is 3. The van der Waals surface area contributed by atoms with Gasteiger partial charge in [-0.3, -0.25) is 9.59 Å². The molecule has 0 spiro atoms. The molecule has 1 aromatic heterocycles. The molecule has 11 heteroatoms. The summed E-state index contributed by atoms with van der Waals surface area (Å²) in [6.07, 6.45) is -3.41. The lowest BCUT2D eigenvalue weighted by atomic mass is 10.0. The van der Waals surface area contributed by atoms with Gasteiger partial charge in [0.2, 0.25) is 5.91 Å². The molecule has 0 aliphatic carbocycles. The first kappa shape index (κ1) is 21.1. The number of halogens is 5. The number of nitrogens with zero attached hydrogens (tertiary/aromatic N) is 3. The van der Waals surface area contributed by atoms with Crippen LogP contribution in [0.25, 0.3) is 0 Å². The van der Waals surface area contributed by atoms with Gasteiger partial charge in [-0.2, -0.15) is 18.3 Å². The molecule has 0 saturated carbocycles. The number of aromatic nitrogens is 2. The van der Waals surface area contributed by atoms with E-state index in [9.17, 15) is 27.2 Å². The van der Waals surface area contributed by atoms with Crippen LogP contribution < -0.4 is 10.5 Å². The zero-order chi connectivity index (χ0) is 21.3. The number of aromatic amines is 1. The maximum Gasteiger partial charge on any atom is 0.416 e. The van der Waals surface area contributed by atoms with Crippen LogP contribution in [0.15, 0.2) is 29.2 Å². The smallest absolute Gasteiger partial charge is 0.355 e. The largest absolute Gasteiger partial charge is 0.416 e. The highest BCUT2D eigenvalue weighted by atomic mass is 35.5. The van der Waals surface area contributed by atoms with Gasteiger partial charge in [0.15, 0.2) is 0 Å². The SMILES string of the molecule is C[C@@H]1CN(CCc2ccc(F)cc2C(F)(F)F)C(=O)CN1c1cn[nH]c(=O)c1Cl. The Labute approximate surface area is 168 Å². The molecule has 156 valence electrons. The van der Waals surface area contributed by atoms with Crippen LogP contribution in [0.3, 0.4) is 0 Å². The Bertz CT molecular complexity index is 979. The normalized spacial score (nSPS) is 17.7. The number of carbonyl (C=O) groups is 1. The average Bonchev–Trinajstić information content (AvgIpc) is 2.64. The van der Waals surface area contributed by atoms with Crippen molar-refractivity contribution in [1.29, 1.82) is 0 Å². The van der Waals surface area contributed by atoms with Gasteiger partial charge in [-0.05, 0) is 31.0 Å². The number of carbonyl (C=O) groups excluding carboxylic acids is 1. The molecule has 3 rings (SSSR count). The quantitative estimate of drug-likeness (QED) is 0.754. The topological polar surface area (TPSA) is 69.3 Å². The molecule has 2 heterocycles. The van der Waals surface area contributed by atoms with Crippen LogP contribution in [0, 0.1) is 5.82 Å². The predicted octanol–water partition coefficient (Wildman–Crippen LogP) is 2.86. The van der Waals surface area contributed by atoms with Crippen molar-refractivity contribution in [2.45, 2.75) is 25.6 Å². The maximum absolute atomic E-state index is 13.2. The second kappa shape index (κ2) is 8.02. The Morgan fingerprint density at radius 1 is 1.31 bits per heavy atom. The van der Waals surface area contributed by atoms with E-state index in [-0.39, 0.29) is 48.6 Å². The van der Waals surface area contributed by atoms with Crippen LogP contribution in [0.2, 0.25) is 5.02 Å². The molecule has 1 aliphatic rings. The number of nitrogens with one attached hydrogen (secondary N) is 1. The molecule has 1 amide bonds. The number of rotatable bonds is 4. The lowest BCUT2D eigenvalue weighted by Crippen LogP contribution is -2.56. The van der Waals surface area contributed by atoms with Crippen LogP contribution in [0.4, 0.5) is 23.2 Å². The van der Waals surface area contributed by atoms with Gasteiger partial charge in [-0.25, -0.2) is 9.49 Å². The average molecular weight is 433 g/mol. The third-order valence-electron chi connectivity index (χ3n) is 4.79. The number of amides is 1. The number of piperazine rings is 1. The molecule has 1 saturated heterocycles. The first-order valence-electron chi connectivity index (χ1n) is 8.71. The molecule has 1 atom stereocenters.